The zero-order valence-corrected chi connectivity index (χ0v) is 11.5. The maximum Gasteiger partial charge on any atom is 0.288 e. The quantitative estimate of drug-likeness (QED) is 0.824. The smallest absolute Gasteiger partial charge is 0.288 e. The summed E-state index contributed by atoms with van der Waals surface area (Å²) in [4.78, 5) is 27.4. The van der Waals surface area contributed by atoms with Crippen LogP contribution in [-0.2, 0) is 11.2 Å². The van der Waals surface area contributed by atoms with Crippen LogP contribution in [0.25, 0.3) is 0 Å². The summed E-state index contributed by atoms with van der Waals surface area (Å²) in [7, 11) is 1.54. The van der Waals surface area contributed by atoms with Crippen LogP contribution >= 0.6 is 0 Å². The van der Waals surface area contributed by atoms with E-state index >= 15 is 0 Å². The fourth-order valence-electron chi connectivity index (χ4n) is 1.75. The monoisotopic (exact) mass is 285 g/mol. The van der Waals surface area contributed by atoms with Crippen LogP contribution in [0.4, 0.5) is 0 Å². The highest BCUT2D eigenvalue weighted by Crippen LogP contribution is 2.17. The Bertz CT molecular complexity index is 629. The maximum atomic E-state index is 11.8. The van der Waals surface area contributed by atoms with Crippen molar-refractivity contribution in [3.05, 3.63) is 59.9 Å². The fraction of sp³-hybridized carbons (Fsp3) is 0.133. The van der Waals surface area contributed by atoms with Crippen molar-refractivity contribution in [2.75, 3.05) is 7.11 Å². The van der Waals surface area contributed by atoms with Crippen LogP contribution in [0.2, 0.25) is 0 Å². The lowest BCUT2D eigenvalue weighted by Crippen LogP contribution is -2.42. The van der Waals surface area contributed by atoms with Crippen LogP contribution in [0.1, 0.15) is 16.1 Å². The molecule has 2 rings (SSSR count). The molecule has 6 nitrogen and oxygen atoms in total. The number of ether oxygens (including phenoxy) is 1. The predicted octanol–water partition coefficient (Wildman–Crippen LogP) is 1.09. The molecule has 0 bridgehead atoms. The number of amides is 2. The van der Waals surface area contributed by atoms with Crippen LogP contribution in [0.3, 0.4) is 0 Å². The van der Waals surface area contributed by atoms with Crippen molar-refractivity contribution in [1.82, 2.24) is 15.8 Å². The first-order valence-corrected chi connectivity index (χ1v) is 6.33. The van der Waals surface area contributed by atoms with Crippen molar-refractivity contribution in [3.63, 3.8) is 0 Å². The molecule has 0 aliphatic carbocycles. The zero-order chi connectivity index (χ0) is 15.1. The minimum absolute atomic E-state index is 0.104. The van der Waals surface area contributed by atoms with E-state index in [1.807, 2.05) is 12.1 Å². The highest BCUT2D eigenvalue weighted by molar-refractivity contribution is 5.93. The Hall–Kier alpha value is -2.89. The van der Waals surface area contributed by atoms with E-state index in [4.69, 9.17) is 4.74 Å². The molecule has 2 aromatic rings. The number of benzene rings is 1. The van der Waals surface area contributed by atoms with E-state index in [9.17, 15) is 9.59 Å². The van der Waals surface area contributed by atoms with Gasteiger partial charge in [-0.2, -0.15) is 0 Å². The maximum absolute atomic E-state index is 11.8. The van der Waals surface area contributed by atoms with Crippen molar-refractivity contribution in [2.24, 2.45) is 0 Å². The van der Waals surface area contributed by atoms with E-state index in [0.29, 0.717) is 5.75 Å². The van der Waals surface area contributed by atoms with Crippen LogP contribution < -0.4 is 15.6 Å². The first-order valence-electron chi connectivity index (χ1n) is 6.33. The van der Waals surface area contributed by atoms with E-state index in [0.717, 1.165) is 5.56 Å². The Morgan fingerprint density at radius 2 is 1.86 bits per heavy atom. The number of rotatable bonds is 4. The second kappa shape index (κ2) is 7.04. The van der Waals surface area contributed by atoms with Gasteiger partial charge in [0.15, 0.2) is 0 Å². The minimum atomic E-state index is -0.469. The number of methoxy groups -OCH3 is 1. The van der Waals surface area contributed by atoms with Crippen LogP contribution in [0.5, 0.6) is 5.75 Å². The van der Waals surface area contributed by atoms with Gasteiger partial charge in [-0.15, -0.1) is 0 Å². The molecular weight excluding hydrogens is 270 g/mol. The lowest BCUT2D eigenvalue weighted by Gasteiger charge is -2.09. The Morgan fingerprint density at radius 1 is 1.10 bits per heavy atom. The van der Waals surface area contributed by atoms with E-state index in [2.05, 4.69) is 15.8 Å². The summed E-state index contributed by atoms with van der Waals surface area (Å²) in [6.45, 7) is 0. The molecule has 0 atom stereocenters. The predicted molar refractivity (Wildman–Crippen MR) is 76.5 cm³/mol. The average molecular weight is 285 g/mol. The summed E-state index contributed by atoms with van der Waals surface area (Å²) in [5.41, 5.74) is 5.63. The lowest BCUT2D eigenvalue weighted by molar-refractivity contribution is -0.121. The van der Waals surface area contributed by atoms with Crippen LogP contribution in [-0.4, -0.2) is 23.9 Å². The van der Waals surface area contributed by atoms with Crippen molar-refractivity contribution in [3.8, 4) is 5.75 Å². The van der Waals surface area contributed by atoms with Gasteiger partial charge in [0, 0.05) is 11.8 Å². The van der Waals surface area contributed by atoms with Gasteiger partial charge in [0.2, 0.25) is 5.91 Å². The molecule has 0 saturated carbocycles. The number of carbonyl (C=O) groups is 2. The van der Waals surface area contributed by atoms with Crippen LogP contribution in [0.15, 0.2) is 48.7 Å². The first-order chi connectivity index (χ1) is 10.2. The van der Waals surface area contributed by atoms with Gasteiger partial charge in [0.05, 0.1) is 13.5 Å². The van der Waals surface area contributed by atoms with Crippen molar-refractivity contribution >= 4 is 11.8 Å². The number of hydrogen-bond donors (Lipinski definition) is 2. The number of para-hydroxylation sites is 1. The zero-order valence-electron chi connectivity index (χ0n) is 11.5. The number of hydrazine groups is 1. The fourth-order valence-corrected chi connectivity index (χ4v) is 1.75. The van der Waals surface area contributed by atoms with Gasteiger partial charge in [0.25, 0.3) is 5.91 Å². The second-order valence-corrected chi connectivity index (χ2v) is 4.21. The van der Waals surface area contributed by atoms with Gasteiger partial charge in [-0.3, -0.25) is 25.4 Å². The number of hydrogen-bond acceptors (Lipinski definition) is 4. The molecule has 1 aromatic heterocycles. The lowest BCUT2D eigenvalue weighted by atomic mass is 10.1. The number of carbonyl (C=O) groups excluding carboxylic acids is 2. The second-order valence-electron chi connectivity index (χ2n) is 4.21. The number of pyridine rings is 1. The third-order valence-corrected chi connectivity index (χ3v) is 2.76. The Labute approximate surface area is 122 Å². The minimum Gasteiger partial charge on any atom is -0.496 e. The van der Waals surface area contributed by atoms with E-state index < -0.39 is 5.91 Å². The molecule has 2 amide bonds. The van der Waals surface area contributed by atoms with Crippen molar-refractivity contribution in [1.29, 1.82) is 0 Å². The SMILES string of the molecule is COc1ccccc1CC(=O)NNC(=O)c1ccccn1. The van der Waals surface area contributed by atoms with E-state index in [-0.39, 0.29) is 18.0 Å². The molecule has 0 unspecified atom stereocenters. The number of nitrogens with one attached hydrogen (secondary N) is 2. The summed E-state index contributed by atoms with van der Waals surface area (Å²) in [6.07, 6.45) is 1.61. The standard InChI is InChI=1S/C15H15N3O3/c1-21-13-8-3-2-6-11(13)10-14(19)17-18-15(20)12-7-4-5-9-16-12/h2-9H,10H2,1H3,(H,17,19)(H,18,20). The van der Waals surface area contributed by atoms with Gasteiger partial charge in [-0.1, -0.05) is 24.3 Å². The topological polar surface area (TPSA) is 80.3 Å². The van der Waals surface area contributed by atoms with Gasteiger partial charge in [-0.25, -0.2) is 0 Å². The summed E-state index contributed by atoms with van der Waals surface area (Å²) in [5.74, 6) is -0.184. The Balaban J connectivity index is 1.89. The molecular formula is C15H15N3O3. The normalized spacial score (nSPS) is 9.76. The number of nitrogens with zero attached hydrogens (tertiary/aromatic N) is 1. The van der Waals surface area contributed by atoms with Crippen molar-refractivity contribution in [2.45, 2.75) is 6.42 Å². The summed E-state index contributed by atoms with van der Waals surface area (Å²) >= 11 is 0. The third kappa shape index (κ3) is 4.04. The molecule has 0 fully saturated rings. The molecule has 21 heavy (non-hydrogen) atoms. The summed E-state index contributed by atoms with van der Waals surface area (Å²) < 4.78 is 5.16. The van der Waals surface area contributed by atoms with Gasteiger partial charge >= 0.3 is 0 Å². The number of aromatic nitrogens is 1. The molecule has 6 heteroatoms. The highest BCUT2D eigenvalue weighted by Gasteiger charge is 2.10. The van der Waals surface area contributed by atoms with Gasteiger partial charge in [-0.05, 0) is 18.2 Å². The third-order valence-electron chi connectivity index (χ3n) is 2.76. The van der Waals surface area contributed by atoms with Crippen molar-refractivity contribution < 1.29 is 14.3 Å². The highest BCUT2D eigenvalue weighted by atomic mass is 16.5. The molecule has 0 spiro atoms. The molecule has 1 heterocycles. The Kier molecular flexibility index (Phi) is 4.87. The first kappa shape index (κ1) is 14.5. The average Bonchev–Trinajstić information content (AvgIpc) is 2.54. The summed E-state index contributed by atoms with van der Waals surface area (Å²) in [6, 6.07) is 12.2. The van der Waals surface area contributed by atoms with Gasteiger partial charge in [0.1, 0.15) is 11.4 Å². The molecule has 0 saturated heterocycles. The Morgan fingerprint density at radius 3 is 2.57 bits per heavy atom. The molecule has 0 aliphatic rings. The van der Waals surface area contributed by atoms with E-state index in [1.54, 1.807) is 37.4 Å². The summed E-state index contributed by atoms with van der Waals surface area (Å²) in [5, 5.41) is 0. The molecule has 0 radical (unpaired) electrons. The van der Waals surface area contributed by atoms with E-state index in [1.165, 1.54) is 6.20 Å². The molecule has 2 N–H and O–H groups in total. The van der Waals surface area contributed by atoms with Gasteiger partial charge < -0.3 is 4.74 Å². The molecule has 0 aliphatic heterocycles. The molecule has 108 valence electrons. The van der Waals surface area contributed by atoms with Crippen LogP contribution in [0, 0.1) is 0 Å². The molecule has 1 aromatic carbocycles. The largest absolute Gasteiger partial charge is 0.496 e.